The third-order valence-corrected chi connectivity index (χ3v) is 12.4. The van der Waals surface area contributed by atoms with Crippen LogP contribution in [-0.2, 0) is 5.41 Å². The summed E-state index contributed by atoms with van der Waals surface area (Å²) >= 11 is 0. The second kappa shape index (κ2) is 13.4. The highest BCUT2D eigenvalue weighted by Gasteiger charge is 2.57. The molecule has 0 saturated carbocycles. The molecule has 57 heavy (non-hydrogen) atoms. The number of ether oxygens (including phenoxy) is 1. The predicted molar refractivity (Wildman–Crippen MR) is 232 cm³/mol. The normalized spacial score (nSPS) is 20.7. The number of nitrogens with one attached hydrogen (secondary N) is 1. The van der Waals surface area contributed by atoms with Crippen LogP contribution in [0.15, 0.2) is 204 Å². The highest BCUT2D eigenvalue weighted by Crippen LogP contribution is 2.65. The first kappa shape index (κ1) is 33.4. The third kappa shape index (κ3) is 5.47. The van der Waals surface area contributed by atoms with Crippen LogP contribution in [-0.4, -0.2) is 5.71 Å². The van der Waals surface area contributed by atoms with Gasteiger partial charge in [0.15, 0.2) is 0 Å². The van der Waals surface area contributed by atoms with Gasteiger partial charge in [-0.1, -0.05) is 152 Å². The van der Waals surface area contributed by atoms with Crippen molar-refractivity contribution in [1.82, 2.24) is 5.32 Å². The first-order chi connectivity index (χ1) is 28.1. The minimum absolute atomic E-state index is 0.117. The van der Waals surface area contributed by atoms with Gasteiger partial charge in [0.1, 0.15) is 17.7 Å². The lowest BCUT2D eigenvalue weighted by atomic mass is 9.61. The van der Waals surface area contributed by atoms with E-state index in [1.54, 1.807) is 0 Å². The molecule has 3 atom stereocenters. The summed E-state index contributed by atoms with van der Waals surface area (Å²) in [4.78, 5) is 5.30. The molecule has 4 heteroatoms. The van der Waals surface area contributed by atoms with Crippen molar-refractivity contribution >= 4 is 17.0 Å². The summed E-state index contributed by atoms with van der Waals surface area (Å²) in [6.45, 7) is 0. The molecule has 1 spiro atoms. The van der Waals surface area contributed by atoms with E-state index in [4.69, 9.17) is 15.5 Å². The average molecular weight is 736 g/mol. The largest absolute Gasteiger partial charge is 0.457 e. The van der Waals surface area contributed by atoms with E-state index in [9.17, 15) is 0 Å². The number of hydrogen-bond donors (Lipinski definition) is 2. The van der Waals surface area contributed by atoms with Gasteiger partial charge in [-0.15, -0.1) is 0 Å². The zero-order valence-electron chi connectivity index (χ0n) is 31.5. The Hall–Kier alpha value is -6.91. The summed E-state index contributed by atoms with van der Waals surface area (Å²) in [6, 6.07) is 52.0. The molecule has 2 heterocycles. The topological polar surface area (TPSA) is 59.6 Å². The molecule has 0 aromatic heterocycles. The average Bonchev–Trinajstić information content (AvgIpc) is 3.56. The predicted octanol–water partition coefficient (Wildman–Crippen LogP) is 12.0. The molecule has 6 aromatic carbocycles. The van der Waals surface area contributed by atoms with E-state index < -0.39 is 5.41 Å². The minimum Gasteiger partial charge on any atom is -0.457 e. The molecule has 0 amide bonds. The lowest BCUT2D eigenvalue weighted by Crippen LogP contribution is -2.37. The molecule has 0 saturated heterocycles. The fourth-order valence-corrected chi connectivity index (χ4v) is 9.80. The van der Waals surface area contributed by atoms with Crippen molar-refractivity contribution < 1.29 is 4.74 Å². The lowest BCUT2D eigenvalue weighted by molar-refractivity contribution is 0.374. The van der Waals surface area contributed by atoms with Gasteiger partial charge in [0.05, 0.1) is 11.1 Å². The van der Waals surface area contributed by atoms with E-state index >= 15 is 0 Å². The second-order valence-electron chi connectivity index (χ2n) is 15.6. The highest BCUT2D eigenvalue weighted by atomic mass is 16.5. The first-order valence-corrected chi connectivity index (χ1v) is 20.0. The molecule has 3 N–H and O–H groups in total. The molecule has 6 aromatic rings. The van der Waals surface area contributed by atoms with E-state index in [0.29, 0.717) is 0 Å². The van der Waals surface area contributed by atoms with Crippen molar-refractivity contribution in [3.05, 3.63) is 238 Å². The van der Waals surface area contributed by atoms with Crippen LogP contribution >= 0.6 is 0 Å². The SMILES string of the molecule is Nc1ccc(-c2ccc3c(c2)C2C=C(c4cccc(C5N=C(c6ccccc6)C=C(C6=CCCC=C6)N5)c4)C=CC2C32c3ccccc3Oc3ccccc32)cc1. The van der Waals surface area contributed by atoms with Crippen molar-refractivity contribution in [2.75, 3.05) is 5.73 Å². The van der Waals surface area contributed by atoms with E-state index in [1.165, 1.54) is 44.5 Å². The fourth-order valence-electron chi connectivity index (χ4n) is 9.80. The Balaban J connectivity index is 1.03. The van der Waals surface area contributed by atoms with Gasteiger partial charge in [0, 0.05) is 34.3 Å². The monoisotopic (exact) mass is 735 g/mol. The maximum absolute atomic E-state index is 6.63. The number of rotatable bonds is 5. The van der Waals surface area contributed by atoms with Crippen molar-refractivity contribution in [2.24, 2.45) is 10.9 Å². The van der Waals surface area contributed by atoms with Gasteiger partial charge in [-0.25, -0.2) is 0 Å². The molecule has 11 rings (SSSR count). The van der Waals surface area contributed by atoms with Gasteiger partial charge >= 0.3 is 0 Å². The van der Waals surface area contributed by atoms with Crippen LogP contribution in [0, 0.1) is 5.92 Å². The molecule has 5 aliphatic rings. The Morgan fingerprint density at radius 2 is 1.37 bits per heavy atom. The number of benzene rings is 6. The Morgan fingerprint density at radius 3 is 2.14 bits per heavy atom. The molecule has 0 fully saturated rings. The lowest BCUT2D eigenvalue weighted by Gasteiger charge is -2.43. The van der Waals surface area contributed by atoms with Gasteiger partial charge in [-0.2, -0.15) is 0 Å². The number of hydrogen-bond acceptors (Lipinski definition) is 4. The molecular formula is C53H41N3O. The standard InChI is InChI=1S/C53H41N3O/c54-41-26-22-34(23-27-41)38-24-28-44-42(31-38)43-32-39(25-29-45(43)53(44)46-18-7-9-20-50(46)57-51-21-10-8-19-47(51)53)37-16-11-17-40(30-37)52-55-48(35-12-3-1-4-13-35)33-49(56-52)36-14-5-2-6-15-36/h1,3-5,7-33,43,45,52,56H,2,6,54H2. The van der Waals surface area contributed by atoms with E-state index in [2.05, 4.69) is 181 Å². The summed E-state index contributed by atoms with van der Waals surface area (Å²) in [5.41, 5.74) is 21.9. The van der Waals surface area contributed by atoms with Gasteiger partial charge < -0.3 is 15.8 Å². The van der Waals surface area contributed by atoms with Crippen LogP contribution in [0.4, 0.5) is 5.69 Å². The molecular weight excluding hydrogens is 695 g/mol. The molecule has 4 nitrogen and oxygen atoms in total. The van der Waals surface area contributed by atoms with Crippen LogP contribution in [0.25, 0.3) is 16.7 Å². The minimum atomic E-state index is -0.426. The maximum atomic E-state index is 6.63. The van der Waals surface area contributed by atoms with Crippen molar-refractivity contribution in [2.45, 2.75) is 30.3 Å². The highest BCUT2D eigenvalue weighted by molar-refractivity contribution is 6.10. The van der Waals surface area contributed by atoms with Gasteiger partial charge in [-0.3, -0.25) is 4.99 Å². The van der Waals surface area contributed by atoms with Crippen LogP contribution in [0.5, 0.6) is 11.5 Å². The summed E-state index contributed by atoms with van der Waals surface area (Å²) in [6.07, 6.45) is 18.3. The van der Waals surface area contributed by atoms with Crippen molar-refractivity contribution in [1.29, 1.82) is 0 Å². The maximum Gasteiger partial charge on any atom is 0.145 e. The summed E-state index contributed by atoms with van der Waals surface area (Å²) in [7, 11) is 0. The Kier molecular flexibility index (Phi) is 7.85. The van der Waals surface area contributed by atoms with Crippen LogP contribution in [0.1, 0.15) is 63.9 Å². The van der Waals surface area contributed by atoms with E-state index in [-0.39, 0.29) is 18.0 Å². The zero-order chi connectivity index (χ0) is 37.9. The van der Waals surface area contributed by atoms with Crippen molar-refractivity contribution in [3.8, 4) is 22.6 Å². The summed E-state index contributed by atoms with van der Waals surface area (Å²) in [5.74, 6) is 2.09. The summed E-state index contributed by atoms with van der Waals surface area (Å²) < 4.78 is 6.63. The zero-order valence-corrected chi connectivity index (χ0v) is 31.5. The fraction of sp³-hybridized carbons (Fsp3) is 0.113. The van der Waals surface area contributed by atoms with Gasteiger partial charge in [0.25, 0.3) is 0 Å². The van der Waals surface area contributed by atoms with E-state index in [0.717, 1.165) is 58.1 Å². The number of para-hydroxylation sites is 2. The number of allylic oxidation sites excluding steroid dienone is 8. The van der Waals surface area contributed by atoms with Crippen LogP contribution in [0.2, 0.25) is 0 Å². The number of anilines is 1. The molecule has 274 valence electrons. The third-order valence-electron chi connectivity index (χ3n) is 12.4. The Morgan fingerprint density at radius 1 is 0.632 bits per heavy atom. The number of nitrogens with zero attached hydrogens (tertiary/aromatic N) is 1. The van der Waals surface area contributed by atoms with Crippen LogP contribution < -0.4 is 15.8 Å². The molecule has 0 bridgehead atoms. The number of nitrogens with two attached hydrogens (primary N) is 1. The smallest absolute Gasteiger partial charge is 0.145 e. The number of aliphatic imine (C=N–C) groups is 1. The van der Waals surface area contributed by atoms with Gasteiger partial charge in [0.2, 0.25) is 0 Å². The van der Waals surface area contributed by atoms with Gasteiger partial charge in [-0.05, 0) is 99.3 Å². The molecule has 3 aliphatic carbocycles. The Labute approximate surface area is 333 Å². The molecule has 2 aliphatic heterocycles. The first-order valence-electron chi connectivity index (χ1n) is 20.0. The number of nitrogen functional groups attached to an aromatic ring is 1. The molecule has 3 unspecified atom stereocenters. The van der Waals surface area contributed by atoms with Crippen molar-refractivity contribution in [3.63, 3.8) is 0 Å². The number of fused-ring (bicyclic) bond motifs is 9. The quantitative estimate of drug-likeness (QED) is 0.173. The second-order valence-corrected chi connectivity index (χ2v) is 15.6. The summed E-state index contributed by atoms with van der Waals surface area (Å²) in [5, 5.41) is 3.80. The van der Waals surface area contributed by atoms with E-state index in [1.807, 2.05) is 12.1 Å². The molecule has 0 radical (unpaired) electrons. The Bertz CT molecular complexity index is 2720. The van der Waals surface area contributed by atoms with Crippen LogP contribution in [0.3, 0.4) is 0 Å².